The van der Waals surface area contributed by atoms with Gasteiger partial charge in [0.1, 0.15) is 5.75 Å². The first-order valence-corrected chi connectivity index (χ1v) is 6.86. The van der Waals surface area contributed by atoms with Crippen molar-refractivity contribution in [1.82, 2.24) is 10.2 Å². The van der Waals surface area contributed by atoms with E-state index >= 15 is 0 Å². The van der Waals surface area contributed by atoms with Crippen LogP contribution in [0.2, 0.25) is 0 Å². The van der Waals surface area contributed by atoms with Gasteiger partial charge in [-0.15, -0.1) is 0 Å². The van der Waals surface area contributed by atoms with E-state index in [-0.39, 0.29) is 0 Å². The monoisotopic (exact) mass is 264 g/mol. The van der Waals surface area contributed by atoms with E-state index < -0.39 is 5.60 Å². The van der Waals surface area contributed by atoms with Gasteiger partial charge in [0.05, 0.1) is 12.7 Å². The molecule has 0 unspecified atom stereocenters. The minimum atomic E-state index is -0.543. The minimum absolute atomic E-state index is 0.543. The molecule has 0 radical (unpaired) electrons. The predicted octanol–water partition coefficient (Wildman–Crippen LogP) is 1.24. The van der Waals surface area contributed by atoms with E-state index in [4.69, 9.17) is 4.74 Å². The molecule has 19 heavy (non-hydrogen) atoms. The Kier molecular flexibility index (Phi) is 4.80. The SMILES string of the molecule is COc1cccc(CN(C)CC2(O)CCNCC2)c1. The normalized spacial score (nSPS) is 18.5. The topological polar surface area (TPSA) is 44.7 Å². The Morgan fingerprint density at radius 3 is 2.79 bits per heavy atom. The molecule has 1 aromatic carbocycles. The molecular formula is C15H24N2O2. The summed E-state index contributed by atoms with van der Waals surface area (Å²) in [6.07, 6.45) is 1.66. The van der Waals surface area contributed by atoms with Crippen molar-refractivity contribution in [3.8, 4) is 5.75 Å². The number of hydrogen-bond acceptors (Lipinski definition) is 4. The van der Waals surface area contributed by atoms with Crippen molar-refractivity contribution in [3.05, 3.63) is 29.8 Å². The highest BCUT2D eigenvalue weighted by Gasteiger charge is 2.30. The van der Waals surface area contributed by atoms with Gasteiger partial charge in [-0.05, 0) is 50.7 Å². The number of hydrogen-bond donors (Lipinski definition) is 2. The molecule has 0 amide bonds. The average molecular weight is 264 g/mol. The van der Waals surface area contributed by atoms with Gasteiger partial charge in [0.15, 0.2) is 0 Å². The summed E-state index contributed by atoms with van der Waals surface area (Å²) in [6, 6.07) is 8.08. The highest BCUT2D eigenvalue weighted by atomic mass is 16.5. The fourth-order valence-electron chi connectivity index (χ4n) is 2.69. The summed E-state index contributed by atoms with van der Waals surface area (Å²) >= 11 is 0. The van der Waals surface area contributed by atoms with Gasteiger partial charge in [-0.1, -0.05) is 12.1 Å². The Labute approximate surface area is 115 Å². The van der Waals surface area contributed by atoms with Crippen LogP contribution in [0.1, 0.15) is 18.4 Å². The molecule has 4 nitrogen and oxygen atoms in total. The van der Waals surface area contributed by atoms with Gasteiger partial charge in [0.2, 0.25) is 0 Å². The number of methoxy groups -OCH3 is 1. The molecule has 1 aliphatic rings. The maximum atomic E-state index is 10.5. The van der Waals surface area contributed by atoms with Crippen LogP contribution in [0.15, 0.2) is 24.3 Å². The van der Waals surface area contributed by atoms with Crippen molar-refractivity contribution < 1.29 is 9.84 Å². The molecule has 106 valence electrons. The lowest BCUT2D eigenvalue weighted by Crippen LogP contribution is -2.48. The summed E-state index contributed by atoms with van der Waals surface area (Å²) in [5.74, 6) is 0.881. The number of nitrogens with one attached hydrogen (secondary N) is 1. The Balaban J connectivity index is 1.91. The molecule has 1 aliphatic heterocycles. The molecule has 2 N–H and O–H groups in total. The summed E-state index contributed by atoms with van der Waals surface area (Å²) in [6.45, 7) is 3.35. The second-order valence-corrected chi connectivity index (χ2v) is 5.50. The smallest absolute Gasteiger partial charge is 0.119 e. The lowest BCUT2D eigenvalue weighted by atomic mass is 9.92. The largest absolute Gasteiger partial charge is 0.497 e. The number of piperidine rings is 1. The van der Waals surface area contributed by atoms with Crippen molar-refractivity contribution in [3.63, 3.8) is 0 Å². The lowest BCUT2D eigenvalue weighted by Gasteiger charge is -2.36. The van der Waals surface area contributed by atoms with E-state index in [1.807, 2.05) is 18.2 Å². The molecule has 2 rings (SSSR count). The molecule has 1 saturated heterocycles. The average Bonchev–Trinajstić information content (AvgIpc) is 2.39. The Morgan fingerprint density at radius 2 is 2.11 bits per heavy atom. The van der Waals surface area contributed by atoms with Crippen LogP contribution in [-0.4, -0.2) is 49.4 Å². The quantitative estimate of drug-likeness (QED) is 0.840. The molecular weight excluding hydrogens is 240 g/mol. The molecule has 1 aromatic rings. The second kappa shape index (κ2) is 6.37. The molecule has 1 heterocycles. The molecule has 0 saturated carbocycles. The molecule has 0 atom stereocenters. The fraction of sp³-hybridized carbons (Fsp3) is 0.600. The standard InChI is InChI=1S/C15H24N2O2/c1-17(12-15(18)6-8-16-9-7-15)11-13-4-3-5-14(10-13)19-2/h3-5,10,16,18H,6-9,11-12H2,1-2H3. The van der Waals surface area contributed by atoms with E-state index in [9.17, 15) is 5.11 Å². The first kappa shape index (κ1) is 14.3. The molecule has 0 aliphatic carbocycles. The van der Waals surface area contributed by atoms with Crippen molar-refractivity contribution in [2.24, 2.45) is 0 Å². The summed E-state index contributed by atoms with van der Waals surface area (Å²) in [5.41, 5.74) is 0.665. The van der Waals surface area contributed by atoms with Crippen molar-refractivity contribution in [2.45, 2.75) is 25.0 Å². The van der Waals surface area contributed by atoms with Crippen LogP contribution in [0, 0.1) is 0 Å². The first-order chi connectivity index (χ1) is 9.11. The Bertz CT molecular complexity index is 403. The molecule has 0 bridgehead atoms. The second-order valence-electron chi connectivity index (χ2n) is 5.50. The zero-order chi connectivity index (χ0) is 13.7. The minimum Gasteiger partial charge on any atom is -0.497 e. The van der Waals surface area contributed by atoms with Crippen LogP contribution in [0.25, 0.3) is 0 Å². The van der Waals surface area contributed by atoms with Crippen LogP contribution in [-0.2, 0) is 6.54 Å². The van der Waals surface area contributed by atoms with Gasteiger partial charge in [0, 0.05) is 13.1 Å². The van der Waals surface area contributed by atoms with Crippen molar-refractivity contribution in [1.29, 1.82) is 0 Å². The summed E-state index contributed by atoms with van der Waals surface area (Å²) in [7, 11) is 3.74. The highest BCUT2D eigenvalue weighted by Crippen LogP contribution is 2.20. The molecule has 1 fully saturated rings. The third-order valence-corrected chi connectivity index (χ3v) is 3.69. The van der Waals surface area contributed by atoms with Crippen LogP contribution in [0.5, 0.6) is 5.75 Å². The zero-order valence-corrected chi connectivity index (χ0v) is 11.9. The van der Waals surface area contributed by atoms with E-state index in [1.54, 1.807) is 7.11 Å². The Hall–Kier alpha value is -1.10. The fourth-order valence-corrected chi connectivity index (χ4v) is 2.69. The summed E-state index contributed by atoms with van der Waals surface area (Å²) in [4.78, 5) is 2.18. The van der Waals surface area contributed by atoms with E-state index in [1.165, 1.54) is 5.56 Å². The third-order valence-electron chi connectivity index (χ3n) is 3.69. The number of likely N-dealkylation sites (N-methyl/N-ethyl adjacent to an activating group) is 1. The number of ether oxygens (including phenoxy) is 1. The Morgan fingerprint density at radius 1 is 1.37 bits per heavy atom. The van der Waals surface area contributed by atoms with Crippen LogP contribution in [0.4, 0.5) is 0 Å². The highest BCUT2D eigenvalue weighted by molar-refractivity contribution is 5.28. The van der Waals surface area contributed by atoms with Gasteiger partial charge >= 0.3 is 0 Å². The van der Waals surface area contributed by atoms with E-state index in [2.05, 4.69) is 23.3 Å². The maximum absolute atomic E-state index is 10.5. The van der Waals surface area contributed by atoms with Gasteiger partial charge in [-0.2, -0.15) is 0 Å². The number of nitrogens with zero attached hydrogens (tertiary/aromatic N) is 1. The molecule has 0 aromatic heterocycles. The van der Waals surface area contributed by atoms with Crippen LogP contribution >= 0.6 is 0 Å². The van der Waals surface area contributed by atoms with E-state index in [0.717, 1.165) is 38.2 Å². The molecule has 4 heteroatoms. The number of benzene rings is 1. The van der Waals surface area contributed by atoms with Gasteiger partial charge < -0.3 is 15.2 Å². The summed E-state index contributed by atoms with van der Waals surface area (Å²) < 4.78 is 5.23. The lowest BCUT2D eigenvalue weighted by molar-refractivity contribution is -0.0168. The predicted molar refractivity (Wildman–Crippen MR) is 76.4 cm³/mol. The van der Waals surface area contributed by atoms with Gasteiger partial charge in [-0.3, -0.25) is 4.90 Å². The van der Waals surface area contributed by atoms with Crippen molar-refractivity contribution in [2.75, 3.05) is 33.8 Å². The van der Waals surface area contributed by atoms with Gasteiger partial charge in [-0.25, -0.2) is 0 Å². The van der Waals surface area contributed by atoms with E-state index in [0.29, 0.717) is 6.54 Å². The van der Waals surface area contributed by atoms with Crippen LogP contribution in [0.3, 0.4) is 0 Å². The van der Waals surface area contributed by atoms with Crippen molar-refractivity contribution >= 4 is 0 Å². The third kappa shape index (κ3) is 4.20. The number of rotatable bonds is 5. The van der Waals surface area contributed by atoms with Crippen LogP contribution < -0.4 is 10.1 Å². The van der Waals surface area contributed by atoms with Gasteiger partial charge in [0.25, 0.3) is 0 Å². The summed E-state index contributed by atoms with van der Waals surface area (Å²) in [5, 5.41) is 13.8. The zero-order valence-electron chi connectivity index (χ0n) is 11.9. The molecule has 0 spiro atoms. The number of aliphatic hydroxyl groups is 1. The maximum Gasteiger partial charge on any atom is 0.119 e. The first-order valence-electron chi connectivity index (χ1n) is 6.86.